The first-order valence-electron chi connectivity index (χ1n) is 10.1. The summed E-state index contributed by atoms with van der Waals surface area (Å²) in [4.78, 5) is 17.8. The average Bonchev–Trinajstić information content (AvgIpc) is 3.12. The fraction of sp³-hybridized carbons (Fsp3) is 0.600. The number of hydrogen-bond donors (Lipinski definition) is 2. The number of carbonyl (C=O) groups is 1. The van der Waals surface area contributed by atoms with Crippen molar-refractivity contribution in [3.05, 3.63) is 23.9 Å². The Morgan fingerprint density at radius 1 is 1.30 bits per heavy atom. The van der Waals surface area contributed by atoms with Gasteiger partial charge in [0, 0.05) is 49.3 Å². The van der Waals surface area contributed by atoms with E-state index in [2.05, 4.69) is 49.9 Å². The first-order chi connectivity index (χ1) is 13.2. The average molecular weight is 386 g/mol. The van der Waals surface area contributed by atoms with E-state index in [0.29, 0.717) is 17.7 Å². The Balaban J connectivity index is 1.35. The second-order valence-corrected chi connectivity index (χ2v) is 8.98. The lowest BCUT2D eigenvalue weighted by atomic mass is 9.84. The molecular formula is C20H27N5OS. The number of nitrogens with zero attached hydrogens (tertiary/aromatic N) is 3. The van der Waals surface area contributed by atoms with Crippen molar-refractivity contribution in [3.8, 4) is 0 Å². The molecule has 1 amide bonds. The van der Waals surface area contributed by atoms with Crippen LogP contribution in [0.5, 0.6) is 0 Å². The molecule has 0 saturated carbocycles. The molecule has 0 radical (unpaired) electrons. The van der Waals surface area contributed by atoms with Crippen molar-refractivity contribution in [1.29, 1.82) is 0 Å². The van der Waals surface area contributed by atoms with Gasteiger partial charge in [-0.1, -0.05) is 0 Å². The molecule has 2 aromatic rings. The topological polar surface area (TPSA) is 60.5 Å². The number of rotatable bonds is 3. The Bertz CT molecular complexity index is 844. The minimum absolute atomic E-state index is 0.0108. The predicted molar refractivity (Wildman–Crippen MR) is 110 cm³/mol. The summed E-state index contributed by atoms with van der Waals surface area (Å²) in [6.45, 7) is 8.64. The molecule has 1 aromatic carbocycles. The van der Waals surface area contributed by atoms with Crippen LogP contribution in [0.4, 0.5) is 5.69 Å². The van der Waals surface area contributed by atoms with E-state index in [-0.39, 0.29) is 11.9 Å². The van der Waals surface area contributed by atoms with Gasteiger partial charge in [0.15, 0.2) is 0 Å². The predicted octanol–water partition coefficient (Wildman–Crippen LogP) is 1.92. The molecule has 4 aliphatic rings. The van der Waals surface area contributed by atoms with Gasteiger partial charge < -0.3 is 20.4 Å². The van der Waals surface area contributed by atoms with Crippen molar-refractivity contribution >= 4 is 33.2 Å². The highest BCUT2D eigenvalue weighted by Gasteiger charge is 2.35. The van der Waals surface area contributed by atoms with Crippen LogP contribution in [-0.2, 0) is 0 Å². The summed E-state index contributed by atoms with van der Waals surface area (Å²) in [7, 11) is 0. The highest BCUT2D eigenvalue weighted by molar-refractivity contribution is 7.13. The number of nitrogens with one attached hydrogen (secondary N) is 2. The maximum atomic E-state index is 12.9. The van der Waals surface area contributed by atoms with Crippen LogP contribution in [0, 0.1) is 5.92 Å². The van der Waals surface area contributed by atoms with E-state index in [0.717, 1.165) is 36.3 Å². The fourth-order valence-electron chi connectivity index (χ4n) is 4.86. The maximum Gasteiger partial charge on any atom is 0.271 e. The van der Waals surface area contributed by atoms with Crippen molar-refractivity contribution in [1.82, 2.24) is 19.9 Å². The molecule has 6 rings (SSSR count). The van der Waals surface area contributed by atoms with Crippen LogP contribution in [-0.4, -0.2) is 66.5 Å². The standard InChI is InChI=1S/C20H27N5OS/c1-13-11-21-6-9-25(13)15-2-3-16-18(10-15)27-23-19(16)20(26)22-17-12-24-7-4-14(17)5-8-24/h2-3,10,13-14,17,21H,4-9,11-12H2,1H3,(H,22,26)/t13?,17-/m0/s1. The van der Waals surface area contributed by atoms with E-state index < -0.39 is 0 Å². The number of amides is 1. The molecule has 144 valence electrons. The maximum absolute atomic E-state index is 12.9. The zero-order chi connectivity index (χ0) is 18.4. The number of piperazine rings is 1. The van der Waals surface area contributed by atoms with Crippen molar-refractivity contribution in [2.75, 3.05) is 44.2 Å². The second-order valence-electron chi connectivity index (χ2n) is 8.18. The van der Waals surface area contributed by atoms with E-state index in [1.165, 1.54) is 43.2 Å². The molecule has 4 fully saturated rings. The minimum Gasteiger partial charge on any atom is -0.366 e. The number of piperidine rings is 3. The summed E-state index contributed by atoms with van der Waals surface area (Å²) < 4.78 is 5.61. The number of benzene rings is 1. The van der Waals surface area contributed by atoms with Crippen LogP contribution < -0.4 is 15.5 Å². The van der Waals surface area contributed by atoms with Gasteiger partial charge in [-0.3, -0.25) is 4.79 Å². The molecule has 4 saturated heterocycles. The molecule has 0 spiro atoms. The molecule has 2 N–H and O–H groups in total. The molecule has 1 aromatic heterocycles. The Kier molecular flexibility index (Phi) is 4.53. The Hall–Kier alpha value is -1.70. The molecule has 1 unspecified atom stereocenters. The van der Waals surface area contributed by atoms with Crippen LogP contribution in [0.15, 0.2) is 18.2 Å². The monoisotopic (exact) mass is 385 g/mol. The van der Waals surface area contributed by atoms with Crippen molar-refractivity contribution in [2.24, 2.45) is 5.92 Å². The van der Waals surface area contributed by atoms with Crippen LogP contribution >= 0.6 is 11.5 Å². The van der Waals surface area contributed by atoms with Gasteiger partial charge >= 0.3 is 0 Å². The molecule has 6 nitrogen and oxygen atoms in total. The van der Waals surface area contributed by atoms with Gasteiger partial charge in [-0.2, -0.15) is 4.37 Å². The summed E-state index contributed by atoms with van der Waals surface area (Å²) in [5.74, 6) is 0.618. The fourth-order valence-corrected chi connectivity index (χ4v) is 5.67. The van der Waals surface area contributed by atoms with E-state index in [1.807, 2.05) is 0 Å². The molecule has 4 aliphatic heterocycles. The van der Waals surface area contributed by atoms with Gasteiger partial charge in [0.1, 0.15) is 5.69 Å². The second kappa shape index (κ2) is 7.04. The van der Waals surface area contributed by atoms with Crippen molar-refractivity contribution in [3.63, 3.8) is 0 Å². The normalized spacial score (nSPS) is 30.6. The summed E-state index contributed by atoms with van der Waals surface area (Å²) in [5.41, 5.74) is 1.82. The molecule has 2 bridgehead atoms. The Labute approximate surface area is 164 Å². The molecule has 7 heteroatoms. The number of anilines is 1. The number of hydrogen-bond acceptors (Lipinski definition) is 6. The molecule has 2 atom stereocenters. The lowest BCUT2D eigenvalue weighted by molar-refractivity contribution is 0.0619. The minimum atomic E-state index is -0.0108. The third-order valence-corrected chi connectivity index (χ3v) is 7.28. The molecular weight excluding hydrogens is 358 g/mol. The van der Waals surface area contributed by atoms with Gasteiger partial charge in [-0.05, 0) is 68.5 Å². The van der Waals surface area contributed by atoms with Gasteiger partial charge in [0.05, 0.1) is 4.70 Å². The van der Waals surface area contributed by atoms with E-state index in [9.17, 15) is 4.79 Å². The Morgan fingerprint density at radius 2 is 2.15 bits per heavy atom. The van der Waals surface area contributed by atoms with Crippen molar-refractivity contribution < 1.29 is 4.79 Å². The van der Waals surface area contributed by atoms with E-state index in [1.54, 1.807) is 0 Å². The SMILES string of the molecule is CC1CNCCN1c1ccc2c(C(=O)N[C@H]3CN4CCC3CC4)nsc2c1. The molecule has 0 aliphatic carbocycles. The largest absolute Gasteiger partial charge is 0.366 e. The van der Waals surface area contributed by atoms with Crippen LogP contribution in [0.3, 0.4) is 0 Å². The van der Waals surface area contributed by atoms with E-state index >= 15 is 0 Å². The molecule has 5 heterocycles. The zero-order valence-electron chi connectivity index (χ0n) is 15.8. The van der Waals surface area contributed by atoms with E-state index in [4.69, 9.17) is 0 Å². The van der Waals surface area contributed by atoms with Crippen LogP contribution in [0.1, 0.15) is 30.3 Å². The lowest BCUT2D eigenvalue weighted by Crippen LogP contribution is -2.57. The van der Waals surface area contributed by atoms with Gasteiger partial charge in [-0.15, -0.1) is 0 Å². The van der Waals surface area contributed by atoms with Crippen LogP contribution in [0.2, 0.25) is 0 Å². The highest BCUT2D eigenvalue weighted by atomic mass is 32.1. The third kappa shape index (κ3) is 3.22. The van der Waals surface area contributed by atoms with Crippen molar-refractivity contribution in [2.45, 2.75) is 31.8 Å². The summed E-state index contributed by atoms with van der Waals surface area (Å²) in [6, 6.07) is 7.17. The summed E-state index contributed by atoms with van der Waals surface area (Å²) >= 11 is 1.44. The number of carbonyl (C=O) groups excluding carboxylic acids is 1. The summed E-state index contributed by atoms with van der Waals surface area (Å²) in [5, 5.41) is 7.68. The van der Waals surface area contributed by atoms with Gasteiger partial charge in [-0.25, -0.2) is 0 Å². The molecule has 27 heavy (non-hydrogen) atoms. The van der Waals surface area contributed by atoms with Gasteiger partial charge in [0.2, 0.25) is 0 Å². The van der Waals surface area contributed by atoms with Crippen LogP contribution in [0.25, 0.3) is 10.1 Å². The number of fused-ring (bicyclic) bond motifs is 4. The quantitative estimate of drug-likeness (QED) is 0.845. The highest BCUT2D eigenvalue weighted by Crippen LogP contribution is 2.31. The smallest absolute Gasteiger partial charge is 0.271 e. The zero-order valence-corrected chi connectivity index (χ0v) is 16.6. The summed E-state index contributed by atoms with van der Waals surface area (Å²) in [6.07, 6.45) is 2.41. The first kappa shape index (κ1) is 17.4. The lowest BCUT2D eigenvalue weighted by Gasteiger charge is -2.44. The third-order valence-electron chi connectivity index (χ3n) is 6.48. The first-order valence-corrected chi connectivity index (χ1v) is 10.9. The number of aromatic nitrogens is 1. The Morgan fingerprint density at radius 3 is 2.89 bits per heavy atom. The van der Waals surface area contributed by atoms with Gasteiger partial charge in [0.25, 0.3) is 5.91 Å².